The van der Waals surface area contributed by atoms with Crippen LogP contribution >= 0.6 is 0 Å². The van der Waals surface area contributed by atoms with Crippen LogP contribution in [0, 0.1) is 6.92 Å². The number of aryl methyl sites for hydroxylation is 1. The molecule has 2 heterocycles. The summed E-state index contributed by atoms with van der Waals surface area (Å²) in [6.45, 7) is 3.10. The first kappa shape index (κ1) is 20.6. The molecular formula is C23H25N5O3. The van der Waals surface area contributed by atoms with Crippen LogP contribution in [0.3, 0.4) is 0 Å². The van der Waals surface area contributed by atoms with Gasteiger partial charge in [-0.15, -0.1) is 5.10 Å². The lowest BCUT2D eigenvalue weighted by Crippen LogP contribution is -2.46. The zero-order valence-electron chi connectivity index (χ0n) is 17.6. The Labute approximate surface area is 180 Å². The van der Waals surface area contributed by atoms with Gasteiger partial charge in [0.1, 0.15) is 5.75 Å². The third-order valence-corrected chi connectivity index (χ3v) is 5.52. The van der Waals surface area contributed by atoms with Gasteiger partial charge in [-0.3, -0.25) is 9.59 Å². The fourth-order valence-corrected chi connectivity index (χ4v) is 3.72. The molecule has 1 fully saturated rings. The van der Waals surface area contributed by atoms with E-state index in [0.29, 0.717) is 42.9 Å². The number of nitrogens with one attached hydrogen (secondary N) is 1. The molecule has 0 unspecified atom stereocenters. The number of benzene rings is 2. The summed E-state index contributed by atoms with van der Waals surface area (Å²) in [5, 5.41) is 11.2. The smallest absolute Gasteiger partial charge is 0.276 e. The van der Waals surface area contributed by atoms with E-state index in [1.807, 2.05) is 31.2 Å². The van der Waals surface area contributed by atoms with Crippen molar-refractivity contribution in [1.29, 1.82) is 0 Å². The average molecular weight is 419 g/mol. The number of likely N-dealkylation sites (tertiary alicyclic amines) is 1. The summed E-state index contributed by atoms with van der Waals surface area (Å²) < 4.78 is 6.81. The summed E-state index contributed by atoms with van der Waals surface area (Å²) >= 11 is 0. The number of aromatic nitrogens is 3. The Bertz CT molecular complexity index is 1090. The number of amides is 2. The number of methoxy groups -OCH3 is 1. The minimum atomic E-state index is -0.141. The molecule has 1 aliphatic heterocycles. The molecule has 0 aliphatic carbocycles. The lowest BCUT2D eigenvalue weighted by molar-refractivity contribution is 0.0692. The number of nitrogens with zero attached hydrogens (tertiary/aromatic N) is 4. The number of piperidine rings is 1. The SMILES string of the molecule is COc1cccc(C(=O)NC2CCN(C(=O)c3cn(-c4ccccc4C)nn3)CC2)c1. The predicted molar refractivity (Wildman–Crippen MR) is 115 cm³/mol. The van der Waals surface area contributed by atoms with Crippen LogP contribution in [0.1, 0.15) is 39.3 Å². The molecule has 3 aromatic rings. The second-order valence-corrected chi connectivity index (χ2v) is 7.61. The van der Waals surface area contributed by atoms with Crippen molar-refractivity contribution in [3.8, 4) is 11.4 Å². The maximum Gasteiger partial charge on any atom is 0.276 e. The van der Waals surface area contributed by atoms with E-state index in [-0.39, 0.29) is 17.9 Å². The Morgan fingerprint density at radius 3 is 2.61 bits per heavy atom. The minimum absolute atomic E-state index is 0.0189. The molecule has 0 saturated carbocycles. The van der Waals surface area contributed by atoms with Crippen LogP contribution in [-0.2, 0) is 0 Å². The third-order valence-electron chi connectivity index (χ3n) is 5.52. The van der Waals surface area contributed by atoms with Crippen molar-refractivity contribution in [1.82, 2.24) is 25.2 Å². The van der Waals surface area contributed by atoms with Crippen molar-refractivity contribution in [2.45, 2.75) is 25.8 Å². The van der Waals surface area contributed by atoms with Crippen LogP contribution in [0.2, 0.25) is 0 Å². The molecule has 8 nitrogen and oxygen atoms in total. The van der Waals surface area contributed by atoms with Crippen LogP contribution in [0.4, 0.5) is 0 Å². The van der Waals surface area contributed by atoms with Crippen molar-refractivity contribution in [2.24, 2.45) is 0 Å². The molecule has 31 heavy (non-hydrogen) atoms. The standard InChI is InChI=1S/C23H25N5O3/c1-16-6-3-4-9-21(16)28-15-20(25-26-28)23(30)27-12-10-18(11-13-27)24-22(29)17-7-5-8-19(14-17)31-2/h3-9,14-15,18H,10-13H2,1-2H3,(H,24,29). The molecule has 8 heteroatoms. The van der Waals surface area contributed by atoms with Crippen molar-refractivity contribution in [2.75, 3.05) is 20.2 Å². The number of para-hydroxylation sites is 1. The van der Waals surface area contributed by atoms with Gasteiger partial charge in [0.15, 0.2) is 5.69 Å². The summed E-state index contributed by atoms with van der Waals surface area (Å²) in [6.07, 6.45) is 3.04. The van der Waals surface area contributed by atoms with Gasteiger partial charge in [0.25, 0.3) is 11.8 Å². The predicted octanol–water partition coefficient (Wildman–Crippen LogP) is 2.62. The van der Waals surface area contributed by atoms with Crippen LogP contribution < -0.4 is 10.1 Å². The summed E-state index contributed by atoms with van der Waals surface area (Å²) in [4.78, 5) is 27.1. The Kier molecular flexibility index (Phi) is 5.97. The van der Waals surface area contributed by atoms with Crippen molar-refractivity contribution in [3.05, 3.63) is 71.5 Å². The zero-order chi connectivity index (χ0) is 21.8. The van der Waals surface area contributed by atoms with E-state index in [1.165, 1.54) is 0 Å². The molecule has 1 saturated heterocycles. The van der Waals surface area contributed by atoms with E-state index in [1.54, 1.807) is 47.2 Å². The Morgan fingerprint density at radius 1 is 1.10 bits per heavy atom. The zero-order valence-corrected chi connectivity index (χ0v) is 17.6. The van der Waals surface area contributed by atoms with Gasteiger partial charge in [0, 0.05) is 24.7 Å². The van der Waals surface area contributed by atoms with E-state index in [4.69, 9.17) is 4.74 Å². The maximum absolute atomic E-state index is 12.9. The normalized spacial score (nSPS) is 14.3. The fraction of sp³-hybridized carbons (Fsp3) is 0.304. The minimum Gasteiger partial charge on any atom is -0.497 e. The largest absolute Gasteiger partial charge is 0.497 e. The molecule has 1 N–H and O–H groups in total. The topological polar surface area (TPSA) is 89.4 Å². The van der Waals surface area contributed by atoms with E-state index in [9.17, 15) is 9.59 Å². The van der Waals surface area contributed by atoms with Gasteiger partial charge in [0.05, 0.1) is 19.0 Å². The summed E-state index contributed by atoms with van der Waals surface area (Å²) in [6, 6.07) is 14.9. The summed E-state index contributed by atoms with van der Waals surface area (Å²) in [5.41, 5.74) is 2.83. The average Bonchev–Trinajstić information content (AvgIpc) is 3.29. The molecule has 0 spiro atoms. The molecule has 0 bridgehead atoms. The van der Waals surface area contributed by atoms with Crippen LogP contribution in [0.25, 0.3) is 5.69 Å². The molecule has 2 amide bonds. The van der Waals surface area contributed by atoms with Crippen LogP contribution in [0.5, 0.6) is 5.75 Å². The fourth-order valence-electron chi connectivity index (χ4n) is 3.72. The molecule has 1 aliphatic rings. The summed E-state index contributed by atoms with van der Waals surface area (Å²) in [7, 11) is 1.57. The molecule has 0 radical (unpaired) electrons. The second kappa shape index (κ2) is 8.99. The van der Waals surface area contributed by atoms with E-state index < -0.39 is 0 Å². The van der Waals surface area contributed by atoms with Crippen molar-refractivity contribution in [3.63, 3.8) is 0 Å². The van der Waals surface area contributed by atoms with Crippen molar-refractivity contribution < 1.29 is 14.3 Å². The number of hydrogen-bond donors (Lipinski definition) is 1. The van der Waals surface area contributed by atoms with E-state index in [0.717, 1.165) is 11.3 Å². The number of carbonyl (C=O) groups excluding carboxylic acids is 2. The highest BCUT2D eigenvalue weighted by molar-refractivity contribution is 5.95. The first-order valence-electron chi connectivity index (χ1n) is 10.3. The van der Waals surface area contributed by atoms with Gasteiger partial charge in [-0.2, -0.15) is 0 Å². The third kappa shape index (κ3) is 4.58. The van der Waals surface area contributed by atoms with Gasteiger partial charge >= 0.3 is 0 Å². The van der Waals surface area contributed by atoms with Crippen molar-refractivity contribution >= 4 is 11.8 Å². The first-order valence-corrected chi connectivity index (χ1v) is 10.3. The maximum atomic E-state index is 12.9. The van der Waals surface area contributed by atoms with Gasteiger partial charge in [0.2, 0.25) is 0 Å². The van der Waals surface area contributed by atoms with Crippen LogP contribution in [0.15, 0.2) is 54.7 Å². The lowest BCUT2D eigenvalue weighted by atomic mass is 10.0. The van der Waals surface area contributed by atoms with E-state index in [2.05, 4.69) is 15.6 Å². The molecule has 0 atom stereocenters. The Morgan fingerprint density at radius 2 is 1.87 bits per heavy atom. The highest BCUT2D eigenvalue weighted by Gasteiger charge is 2.26. The number of ether oxygens (including phenoxy) is 1. The number of hydrogen-bond acceptors (Lipinski definition) is 5. The Hall–Kier alpha value is -3.68. The molecular weight excluding hydrogens is 394 g/mol. The summed E-state index contributed by atoms with van der Waals surface area (Å²) in [5.74, 6) is 0.370. The van der Waals surface area contributed by atoms with Gasteiger partial charge in [-0.25, -0.2) is 4.68 Å². The molecule has 1 aromatic heterocycles. The lowest BCUT2D eigenvalue weighted by Gasteiger charge is -2.31. The quantitative estimate of drug-likeness (QED) is 0.687. The highest BCUT2D eigenvalue weighted by Crippen LogP contribution is 2.17. The number of rotatable bonds is 5. The van der Waals surface area contributed by atoms with Gasteiger partial charge < -0.3 is 15.0 Å². The molecule has 4 rings (SSSR count). The second-order valence-electron chi connectivity index (χ2n) is 7.61. The molecule has 2 aromatic carbocycles. The molecule has 160 valence electrons. The highest BCUT2D eigenvalue weighted by atomic mass is 16.5. The van der Waals surface area contributed by atoms with Gasteiger partial charge in [-0.1, -0.05) is 29.5 Å². The Balaban J connectivity index is 1.34. The van der Waals surface area contributed by atoms with E-state index >= 15 is 0 Å². The number of carbonyl (C=O) groups is 2. The first-order chi connectivity index (χ1) is 15.0. The monoisotopic (exact) mass is 419 g/mol. The van der Waals surface area contributed by atoms with Gasteiger partial charge in [-0.05, 0) is 49.6 Å². The van der Waals surface area contributed by atoms with Crippen LogP contribution in [-0.4, -0.2) is 57.9 Å².